The van der Waals surface area contributed by atoms with Gasteiger partial charge in [-0.2, -0.15) is 5.10 Å². The van der Waals surface area contributed by atoms with E-state index in [1.165, 1.54) is 10.9 Å². The second-order valence-electron chi connectivity index (χ2n) is 6.55. The summed E-state index contributed by atoms with van der Waals surface area (Å²) in [7, 11) is 0. The molecule has 1 N–H and O–H groups in total. The van der Waals surface area contributed by atoms with Crippen molar-refractivity contribution in [3.8, 4) is 0 Å². The standard InChI is InChI=1S/C20H21N5O3/c26-18-13-23-25(17-6-2-1-5-16(17)18)14-19(27)22-12-15-4-3-7-21-20(15)24-8-10-28-11-9-24/h1-7,13H,8-12,14H2,(H,22,27). The molecule has 28 heavy (non-hydrogen) atoms. The summed E-state index contributed by atoms with van der Waals surface area (Å²) < 4.78 is 6.94. The van der Waals surface area contributed by atoms with Crippen LogP contribution in [0, 0.1) is 0 Å². The van der Waals surface area contributed by atoms with E-state index in [2.05, 4.69) is 20.3 Å². The van der Waals surface area contributed by atoms with Crippen LogP contribution in [0.4, 0.5) is 5.82 Å². The number of aromatic nitrogens is 3. The van der Waals surface area contributed by atoms with E-state index in [1.807, 2.05) is 18.2 Å². The molecule has 1 aliphatic rings. The van der Waals surface area contributed by atoms with Crippen LogP contribution in [0.3, 0.4) is 0 Å². The fraction of sp³-hybridized carbons (Fsp3) is 0.300. The fourth-order valence-corrected chi connectivity index (χ4v) is 3.30. The van der Waals surface area contributed by atoms with Gasteiger partial charge in [0.15, 0.2) is 0 Å². The predicted octanol–water partition coefficient (Wildman–Crippen LogP) is 0.944. The summed E-state index contributed by atoms with van der Waals surface area (Å²) in [5.74, 6) is 0.691. The van der Waals surface area contributed by atoms with Crippen LogP contribution in [0.25, 0.3) is 10.9 Å². The average molecular weight is 379 g/mol. The van der Waals surface area contributed by atoms with Crippen LogP contribution in [0.2, 0.25) is 0 Å². The van der Waals surface area contributed by atoms with Crippen LogP contribution in [0.5, 0.6) is 0 Å². The number of carbonyl (C=O) groups excluding carboxylic acids is 1. The van der Waals surface area contributed by atoms with Gasteiger partial charge in [0, 0.05) is 36.8 Å². The summed E-state index contributed by atoms with van der Waals surface area (Å²) in [5, 5.41) is 7.58. The van der Waals surface area contributed by atoms with Crippen LogP contribution in [0.1, 0.15) is 5.56 Å². The lowest BCUT2D eigenvalue weighted by Gasteiger charge is -2.29. The first-order chi connectivity index (χ1) is 13.7. The maximum Gasteiger partial charge on any atom is 0.242 e. The lowest BCUT2D eigenvalue weighted by atomic mass is 10.2. The number of fused-ring (bicyclic) bond motifs is 1. The molecule has 8 heteroatoms. The number of benzene rings is 1. The summed E-state index contributed by atoms with van der Waals surface area (Å²) in [6.07, 6.45) is 3.00. The van der Waals surface area contributed by atoms with Gasteiger partial charge in [-0.3, -0.25) is 14.3 Å². The Bertz CT molecular complexity index is 1040. The highest BCUT2D eigenvalue weighted by atomic mass is 16.5. The second kappa shape index (κ2) is 8.18. The number of carbonyl (C=O) groups is 1. The molecular weight excluding hydrogens is 358 g/mol. The number of nitrogens with zero attached hydrogens (tertiary/aromatic N) is 4. The molecule has 0 spiro atoms. The van der Waals surface area contributed by atoms with Crippen molar-refractivity contribution in [1.82, 2.24) is 20.1 Å². The third-order valence-corrected chi connectivity index (χ3v) is 4.71. The fourth-order valence-electron chi connectivity index (χ4n) is 3.30. The molecule has 1 aliphatic heterocycles. The molecule has 3 aromatic rings. The number of amides is 1. The van der Waals surface area contributed by atoms with Gasteiger partial charge < -0.3 is 15.0 Å². The van der Waals surface area contributed by atoms with Crippen molar-refractivity contribution in [3.05, 3.63) is 64.6 Å². The second-order valence-corrected chi connectivity index (χ2v) is 6.55. The molecule has 1 fully saturated rings. The van der Waals surface area contributed by atoms with E-state index < -0.39 is 0 Å². The normalized spacial score (nSPS) is 14.2. The molecule has 0 saturated carbocycles. The van der Waals surface area contributed by atoms with Crippen molar-refractivity contribution in [3.63, 3.8) is 0 Å². The third kappa shape index (κ3) is 3.86. The summed E-state index contributed by atoms with van der Waals surface area (Å²) in [6, 6.07) is 11.0. The summed E-state index contributed by atoms with van der Waals surface area (Å²) >= 11 is 0. The van der Waals surface area contributed by atoms with E-state index in [1.54, 1.807) is 24.4 Å². The van der Waals surface area contributed by atoms with E-state index in [4.69, 9.17) is 4.74 Å². The molecule has 3 heterocycles. The highest BCUT2D eigenvalue weighted by molar-refractivity contribution is 5.81. The van der Waals surface area contributed by atoms with Crippen LogP contribution in [0.15, 0.2) is 53.6 Å². The van der Waals surface area contributed by atoms with Gasteiger partial charge in [0.1, 0.15) is 12.4 Å². The number of pyridine rings is 1. The minimum absolute atomic E-state index is 0.0357. The maximum atomic E-state index is 12.5. The first-order valence-electron chi connectivity index (χ1n) is 9.20. The van der Waals surface area contributed by atoms with Crippen molar-refractivity contribution >= 4 is 22.6 Å². The number of nitrogens with one attached hydrogen (secondary N) is 1. The van der Waals surface area contributed by atoms with Gasteiger partial charge in [-0.25, -0.2) is 4.98 Å². The highest BCUT2D eigenvalue weighted by Crippen LogP contribution is 2.18. The molecule has 1 saturated heterocycles. The molecule has 1 aromatic carbocycles. The Labute approximate surface area is 161 Å². The lowest BCUT2D eigenvalue weighted by molar-refractivity contribution is -0.121. The Morgan fingerprint density at radius 1 is 1.14 bits per heavy atom. The smallest absolute Gasteiger partial charge is 0.242 e. The molecular formula is C20H21N5O3. The van der Waals surface area contributed by atoms with E-state index in [9.17, 15) is 9.59 Å². The summed E-state index contributed by atoms with van der Waals surface area (Å²) in [5.41, 5.74) is 1.44. The molecule has 2 aromatic heterocycles. The molecule has 0 unspecified atom stereocenters. The summed E-state index contributed by atoms with van der Waals surface area (Å²) in [6.45, 7) is 3.32. The van der Waals surface area contributed by atoms with E-state index in [0.717, 1.165) is 24.5 Å². The Morgan fingerprint density at radius 2 is 1.96 bits per heavy atom. The molecule has 0 atom stereocenters. The van der Waals surface area contributed by atoms with Gasteiger partial charge in [0.05, 0.1) is 24.9 Å². The zero-order valence-corrected chi connectivity index (χ0v) is 15.4. The van der Waals surface area contributed by atoms with Gasteiger partial charge in [0.2, 0.25) is 11.3 Å². The van der Waals surface area contributed by atoms with Crippen molar-refractivity contribution in [2.75, 3.05) is 31.2 Å². The van der Waals surface area contributed by atoms with Crippen molar-refractivity contribution in [1.29, 1.82) is 0 Å². The molecule has 1 amide bonds. The van der Waals surface area contributed by atoms with Crippen LogP contribution in [-0.2, 0) is 22.6 Å². The lowest BCUT2D eigenvalue weighted by Crippen LogP contribution is -2.38. The minimum Gasteiger partial charge on any atom is -0.378 e. The van der Waals surface area contributed by atoms with Gasteiger partial charge >= 0.3 is 0 Å². The Morgan fingerprint density at radius 3 is 2.82 bits per heavy atom. The zero-order valence-electron chi connectivity index (χ0n) is 15.4. The topological polar surface area (TPSA) is 89.3 Å². The number of rotatable bonds is 5. The maximum absolute atomic E-state index is 12.5. The molecule has 8 nitrogen and oxygen atoms in total. The van der Waals surface area contributed by atoms with Gasteiger partial charge in [0.25, 0.3) is 0 Å². The van der Waals surface area contributed by atoms with Crippen LogP contribution < -0.4 is 15.6 Å². The van der Waals surface area contributed by atoms with E-state index in [0.29, 0.717) is 30.7 Å². The first-order valence-corrected chi connectivity index (χ1v) is 9.20. The number of hydrogen-bond donors (Lipinski definition) is 1. The van der Waals surface area contributed by atoms with E-state index >= 15 is 0 Å². The van der Waals surface area contributed by atoms with Crippen molar-refractivity contribution in [2.45, 2.75) is 13.1 Å². The molecule has 0 bridgehead atoms. The number of anilines is 1. The Kier molecular flexibility index (Phi) is 5.29. The van der Waals surface area contributed by atoms with Crippen LogP contribution in [-0.4, -0.2) is 47.0 Å². The third-order valence-electron chi connectivity index (χ3n) is 4.71. The van der Waals surface area contributed by atoms with Crippen LogP contribution >= 0.6 is 0 Å². The number of para-hydroxylation sites is 1. The number of morpholine rings is 1. The zero-order chi connectivity index (χ0) is 19.3. The van der Waals surface area contributed by atoms with Crippen molar-refractivity contribution in [2.24, 2.45) is 0 Å². The van der Waals surface area contributed by atoms with Gasteiger partial charge in [-0.05, 0) is 18.2 Å². The monoisotopic (exact) mass is 379 g/mol. The summed E-state index contributed by atoms with van der Waals surface area (Å²) in [4.78, 5) is 31.1. The molecule has 0 aliphatic carbocycles. The highest BCUT2D eigenvalue weighted by Gasteiger charge is 2.16. The largest absolute Gasteiger partial charge is 0.378 e. The van der Waals surface area contributed by atoms with E-state index in [-0.39, 0.29) is 17.9 Å². The SMILES string of the molecule is O=C(Cn1ncc(=O)c2ccccc21)NCc1cccnc1N1CCOCC1. The van der Waals surface area contributed by atoms with Gasteiger partial charge in [-0.1, -0.05) is 18.2 Å². The first kappa shape index (κ1) is 18.1. The molecule has 144 valence electrons. The minimum atomic E-state index is -0.182. The van der Waals surface area contributed by atoms with Crippen molar-refractivity contribution < 1.29 is 9.53 Å². The Balaban J connectivity index is 1.46. The predicted molar refractivity (Wildman–Crippen MR) is 105 cm³/mol. The van der Waals surface area contributed by atoms with Gasteiger partial charge in [-0.15, -0.1) is 0 Å². The Hall–Kier alpha value is -3.26. The molecule has 4 rings (SSSR count). The average Bonchev–Trinajstić information content (AvgIpc) is 2.75. The number of ether oxygens (including phenoxy) is 1. The quantitative estimate of drug-likeness (QED) is 0.710. The molecule has 0 radical (unpaired) electrons. The number of hydrogen-bond acceptors (Lipinski definition) is 6.